The average molecular weight is 485 g/mol. The van der Waals surface area contributed by atoms with Gasteiger partial charge in [-0.25, -0.2) is 13.2 Å². The molecule has 0 spiro atoms. The maximum Gasteiger partial charge on any atom is 0.338 e. The topological polar surface area (TPSA) is 84.0 Å². The van der Waals surface area contributed by atoms with E-state index in [2.05, 4.69) is 0 Å². The number of benzene rings is 2. The van der Waals surface area contributed by atoms with Gasteiger partial charge in [0.15, 0.2) is 6.61 Å². The van der Waals surface area contributed by atoms with Gasteiger partial charge in [0.1, 0.15) is 0 Å². The minimum absolute atomic E-state index is 0.103. The van der Waals surface area contributed by atoms with Crippen LogP contribution >= 0.6 is 11.8 Å². The Morgan fingerprint density at radius 3 is 2.19 bits per heavy atom. The first-order valence-electron chi connectivity index (χ1n) is 9.76. The van der Waals surface area contributed by atoms with Gasteiger partial charge in [-0.15, -0.1) is 0 Å². The number of rotatable bonds is 8. The second kappa shape index (κ2) is 10.9. The Labute approximate surface area is 189 Å². The fourth-order valence-electron chi connectivity index (χ4n) is 3.17. The summed E-state index contributed by atoms with van der Waals surface area (Å²) < 4.78 is 56.3. The molecule has 3 rings (SSSR count). The Morgan fingerprint density at radius 1 is 0.969 bits per heavy atom. The molecule has 32 heavy (non-hydrogen) atoms. The molecule has 0 N–H and O–H groups in total. The Morgan fingerprint density at radius 2 is 1.59 bits per heavy atom. The van der Waals surface area contributed by atoms with E-state index < -0.39 is 34.3 Å². The van der Waals surface area contributed by atoms with Gasteiger partial charge in [-0.3, -0.25) is 4.79 Å². The number of esters is 1. The summed E-state index contributed by atoms with van der Waals surface area (Å²) in [5, 5.41) is 0. The van der Waals surface area contributed by atoms with Crippen LogP contribution in [0.2, 0.25) is 0 Å². The van der Waals surface area contributed by atoms with Crippen LogP contribution in [-0.4, -0.2) is 68.0 Å². The molecule has 11 heteroatoms. The monoisotopic (exact) mass is 484 g/mol. The largest absolute Gasteiger partial charge is 0.452 e. The van der Waals surface area contributed by atoms with Gasteiger partial charge in [0.05, 0.1) is 11.3 Å². The lowest BCUT2D eigenvalue weighted by Gasteiger charge is -2.33. The number of sulfonamides is 1. The Balaban J connectivity index is 1.45. The maximum atomic E-state index is 12.6. The number of carbonyl (C=O) groups excluding carboxylic acids is 2. The lowest BCUT2D eigenvalue weighted by molar-refractivity contribution is -0.135. The molecule has 1 fully saturated rings. The van der Waals surface area contributed by atoms with Gasteiger partial charge in [0.25, 0.3) is 11.7 Å². The van der Waals surface area contributed by atoms with Gasteiger partial charge in [0.2, 0.25) is 10.0 Å². The van der Waals surface area contributed by atoms with Crippen LogP contribution in [0.3, 0.4) is 0 Å². The van der Waals surface area contributed by atoms with Crippen LogP contribution in [0.4, 0.5) is 8.78 Å². The molecule has 1 saturated heterocycles. The summed E-state index contributed by atoms with van der Waals surface area (Å²) in [6, 6.07) is 14.3. The molecule has 0 saturated carbocycles. The van der Waals surface area contributed by atoms with E-state index in [0.717, 1.165) is 0 Å². The number of amides is 1. The third kappa shape index (κ3) is 6.75. The number of piperazine rings is 1. The molecule has 2 aromatic carbocycles. The predicted molar refractivity (Wildman–Crippen MR) is 116 cm³/mol. The fourth-order valence-corrected chi connectivity index (χ4v) is 5.18. The number of halogens is 2. The van der Waals surface area contributed by atoms with Crippen molar-refractivity contribution >= 4 is 33.7 Å². The van der Waals surface area contributed by atoms with E-state index in [0.29, 0.717) is 22.2 Å². The molecule has 1 heterocycles. The zero-order valence-corrected chi connectivity index (χ0v) is 18.7. The predicted octanol–water partition coefficient (Wildman–Crippen LogP) is 2.83. The number of hydrogen-bond acceptors (Lipinski definition) is 6. The van der Waals surface area contributed by atoms with E-state index in [4.69, 9.17) is 4.74 Å². The van der Waals surface area contributed by atoms with Crippen LogP contribution < -0.4 is 0 Å². The molecule has 0 aromatic heterocycles. The minimum Gasteiger partial charge on any atom is -0.452 e. The average Bonchev–Trinajstić information content (AvgIpc) is 2.78. The second-order valence-electron chi connectivity index (χ2n) is 7.00. The normalized spacial score (nSPS) is 15.0. The third-order valence-electron chi connectivity index (χ3n) is 4.82. The third-order valence-corrected chi connectivity index (χ3v) is 7.39. The zero-order valence-electron chi connectivity index (χ0n) is 17.0. The van der Waals surface area contributed by atoms with Gasteiger partial charge in [0, 0.05) is 31.1 Å². The number of nitrogens with zero attached hydrogens (tertiary/aromatic N) is 2. The van der Waals surface area contributed by atoms with Crippen molar-refractivity contribution in [3.05, 3.63) is 65.7 Å². The minimum atomic E-state index is -3.50. The Hall–Kier alpha value is -2.50. The Bertz CT molecular complexity index is 1030. The summed E-state index contributed by atoms with van der Waals surface area (Å²) in [6.45, 7) is 0.243. The van der Waals surface area contributed by atoms with E-state index in [1.165, 1.54) is 33.5 Å². The van der Waals surface area contributed by atoms with Crippen molar-refractivity contribution in [2.24, 2.45) is 0 Å². The van der Waals surface area contributed by atoms with Crippen molar-refractivity contribution < 1.29 is 31.5 Å². The van der Waals surface area contributed by atoms with Crippen LogP contribution in [0.1, 0.15) is 15.9 Å². The quantitative estimate of drug-likeness (QED) is 0.423. The molecule has 172 valence electrons. The first kappa shape index (κ1) is 24.1. The van der Waals surface area contributed by atoms with Crippen LogP contribution in [-0.2, 0) is 25.3 Å². The van der Waals surface area contributed by atoms with Gasteiger partial charge < -0.3 is 9.64 Å². The summed E-state index contributed by atoms with van der Waals surface area (Å²) in [4.78, 5) is 26.2. The van der Waals surface area contributed by atoms with Crippen LogP contribution in [0, 0.1) is 0 Å². The van der Waals surface area contributed by atoms with E-state index in [1.807, 2.05) is 6.07 Å². The highest BCUT2D eigenvalue weighted by molar-refractivity contribution is 7.99. The van der Waals surface area contributed by atoms with E-state index in [-0.39, 0.29) is 37.5 Å². The van der Waals surface area contributed by atoms with Gasteiger partial charge in [-0.05, 0) is 29.8 Å². The van der Waals surface area contributed by atoms with Crippen molar-refractivity contribution in [1.29, 1.82) is 0 Å². The Kier molecular flexibility index (Phi) is 8.21. The van der Waals surface area contributed by atoms with Crippen molar-refractivity contribution in [3.63, 3.8) is 0 Å². The molecule has 0 radical (unpaired) electrons. The summed E-state index contributed by atoms with van der Waals surface area (Å²) in [6.07, 6.45) is 0. The molecule has 1 amide bonds. The molecule has 0 unspecified atom stereocenters. The number of hydrogen-bond donors (Lipinski definition) is 0. The summed E-state index contributed by atoms with van der Waals surface area (Å²) in [5.74, 6) is -3.83. The summed E-state index contributed by atoms with van der Waals surface area (Å²) >= 11 is 0.365. The second-order valence-corrected chi connectivity index (χ2v) is 10.0. The highest BCUT2D eigenvalue weighted by atomic mass is 32.2. The number of alkyl halides is 2. The fraction of sp³-hybridized carbons (Fsp3) is 0.333. The highest BCUT2D eigenvalue weighted by Crippen LogP contribution is 2.25. The number of thioether (sulfide) groups is 1. The molecule has 0 bridgehead atoms. The van der Waals surface area contributed by atoms with Crippen LogP contribution in [0.5, 0.6) is 0 Å². The molecule has 1 aliphatic rings. The van der Waals surface area contributed by atoms with Crippen molar-refractivity contribution in [1.82, 2.24) is 9.21 Å². The standard InChI is InChI=1S/C21H22F2N2O5S2/c22-21(23)31-18-8-6-17(7-9-18)20(27)30-14-19(26)24-10-12-25(13-11-24)32(28,29)15-16-4-2-1-3-5-16/h1-9,21H,10-15H2. The molecular weight excluding hydrogens is 462 g/mol. The van der Waals surface area contributed by atoms with Crippen LogP contribution in [0.15, 0.2) is 59.5 Å². The summed E-state index contributed by atoms with van der Waals surface area (Å²) in [7, 11) is -3.50. The SMILES string of the molecule is O=C(OCC(=O)N1CCN(S(=O)(=O)Cc2ccccc2)CC1)c1ccc(SC(F)F)cc1. The van der Waals surface area contributed by atoms with E-state index >= 15 is 0 Å². The van der Waals surface area contributed by atoms with Crippen molar-refractivity contribution in [2.75, 3.05) is 32.8 Å². The smallest absolute Gasteiger partial charge is 0.338 e. The van der Waals surface area contributed by atoms with Crippen molar-refractivity contribution in [2.45, 2.75) is 16.4 Å². The van der Waals surface area contributed by atoms with Gasteiger partial charge >= 0.3 is 5.97 Å². The van der Waals surface area contributed by atoms with Gasteiger partial charge in [-0.1, -0.05) is 42.1 Å². The van der Waals surface area contributed by atoms with E-state index in [1.54, 1.807) is 24.3 Å². The first-order valence-corrected chi connectivity index (χ1v) is 12.2. The lowest BCUT2D eigenvalue weighted by Crippen LogP contribution is -2.51. The maximum absolute atomic E-state index is 12.6. The van der Waals surface area contributed by atoms with Gasteiger partial charge in [-0.2, -0.15) is 13.1 Å². The van der Waals surface area contributed by atoms with Crippen molar-refractivity contribution in [3.8, 4) is 0 Å². The lowest BCUT2D eigenvalue weighted by atomic mass is 10.2. The first-order chi connectivity index (χ1) is 15.2. The van der Waals surface area contributed by atoms with E-state index in [9.17, 15) is 26.8 Å². The molecule has 2 aromatic rings. The van der Waals surface area contributed by atoms with Crippen LogP contribution in [0.25, 0.3) is 0 Å². The zero-order chi connectivity index (χ0) is 23.1. The highest BCUT2D eigenvalue weighted by Gasteiger charge is 2.29. The number of ether oxygens (including phenoxy) is 1. The molecule has 1 aliphatic heterocycles. The molecule has 7 nitrogen and oxygen atoms in total. The number of carbonyl (C=O) groups is 2. The molecule has 0 aliphatic carbocycles. The summed E-state index contributed by atoms with van der Waals surface area (Å²) in [5.41, 5.74) is 0.840. The molecular formula is C21H22F2N2O5S2. The molecule has 0 atom stereocenters.